The quantitative estimate of drug-likeness (QED) is 0.687. The van der Waals surface area contributed by atoms with E-state index in [4.69, 9.17) is 4.52 Å². The van der Waals surface area contributed by atoms with Gasteiger partial charge in [0.05, 0.1) is 11.4 Å². The fraction of sp³-hybridized carbons (Fsp3) is 0.263. The zero-order valence-corrected chi connectivity index (χ0v) is 15.6. The van der Waals surface area contributed by atoms with Gasteiger partial charge in [-0.25, -0.2) is 4.39 Å². The second-order valence-corrected chi connectivity index (χ2v) is 7.46. The molecule has 7 nitrogen and oxygen atoms in total. The normalized spacial score (nSPS) is 16.5. The molecule has 3 aromatic rings. The van der Waals surface area contributed by atoms with Crippen molar-refractivity contribution in [3.8, 4) is 0 Å². The highest BCUT2D eigenvalue weighted by molar-refractivity contribution is 7.12. The first-order valence-corrected chi connectivity index (χ1v) is 9.63. The summed E-state index contributed by atoms with van der Waals surface area (Å²) in [6.45, 7) is 1.01. The van der Waals surface area contributed by atoms with Gasteiger partial charge >= 0.3 is 0 Å². The molecule has 0 radical (unpaired) electrons. The number of likely N-dealkylation sites (tertiary alicyclic amines) is 1. The van der Waals surface area contributed by atoms with Crippen molar-refractivity contribution in [3.63, 3.8) is 0 Å². The van der Waals surface area contributed by atoms with Crippen LogP contribution in [-0.2, 0) is 17.9 Å². The number of hydrogen-bond donors (Lipinski definition) is 1. The molecule has 1 aliphatic heterocycles. The van der Waals surface area contributed by atoms with Gasteiger partial charge in [0.15, 0.2) is 5.82 Å². The fourth-order valence-corrected chi connectivity index (χ4v) is 3.70. The van der Waals surface area contributed by atoms with Crippen LogP contribution < -0.4 is 5.32 Å². The van der Waals surface area contributed by atoms with E-state index in [-0.39, 0.29) is 30.1 Å². The summed E-state index contributed by atoms with van der Waals surface area (Å²) in [5.41, 5.74) is 0.862. The Morgan fingerprint density at radius 1 is 1.32 bits per heavy atom. The first kappa shape index (κ1) is 18.3. The highest BCUT2D eigenvalue weighted by atomic mass is 32.1. The van der Waals surface area contributed by atoms with Crippen LogP contribution in [0.25, 0.3) is 0 Å². The second kappa shape index (κ2) is 7.89. The predicted molar refractivity (Wildman–Crippen MR) is 99.0 cm³/mol. The van der Waals surface area contributed by atoms with Crippen molar-refractivity contribution in [2.24, 2.45) is 0 Å². The van der Waals surface area contributed by atoms with Gasteiger partial charge in [-0.2, -0.15) is 4.98 Å². The third-order valence-electron chi connectivity index (χ3n) is 4.50. The Kier molecular flexibility index (Phi) is 5.16. The monoisotopic (exact) mass is 400 g/mol. The van der Waals surface area contributed by atoms with Gasteiger partial charge in [0.1, 0.15) is 5.82 Å². The maximum Gasteiger partial charge on any atom is 0.261 e. The van der Waals surface area contributed by atoms with Crippen molar-refractivity contribution in [3.05, 3.63) is 69.8 Å². The number of amides is 2. The number of aromatic nitrogens is 2. The van der Waals surface area contributed by atoms with Crippen LogP contribution in [0.4, 0.5) is 4.39 Å². The first-order valence-electron chi connectivity index (χ1n) is 8.75. The number of hydrogen-bond acceptors (Lipinski definition) is 6. The molecule has 144 valence electrons. The molecule has 1 fully saturated rings. The number of carbonyl (C=O) groups excluding carboxylic acids is 2. The molecule has 1 atom stereocenters. The predicted octanol–water partition coefficient (Wildman–Crippen LogP) is 2.72. The molecule has 0 saturated carbocycles. The minimum atomic E-state index is -0.306. The van der Waals surface area contributed by atoms with Crippen LogP contribution in [0.3, 0.4) is 0 Å². The van der Waals surface area contributed by atoms with E-state index in [1.165, 1.54) is 23.5 Å². The van der Waals surface area contributed by atoms with Gasteiger partial charge in [-0.3, -0.25) is 9.59 Å². The lowest BCUT2D eigenvalue weighted by molar-refractivity contribution is -0.128. The lowest BCUT2D eigenvalue weighted by Crippen LogP contribution is -2.24. The van der Waals surface area contributed by atoms with E-state index >= 15 is 0 Å². The van der Waals surface area contributed by atoms with Gasteiger partial charge in [-0.1, -0.05) is 23.4 Å². The van der Waals surface area contributed by atoms with Crippen LogP contribution >= 0.6 is 11.3 Å². The van der Waals surface area contributed by atoms with Crippen LogP contribution in [0.1, 0.15) is 39.3 Å². The van der Waals surface area contributed by atoms with Crippen LogP contribution in [0.2, 0.25) is 0 Å². The Labute approximate surface area is 164 Å². The third kappa shape index (κ3) is 4.09. The van der Waals surface area contributed by atoms with E-state index in [1.807, 2.05) is 5.38 Å². The SMILES string of the molecule is O=C(NCc1nc([C@H]2CC(=O)N(Cc3ccc(F)cc3)C2)no1)c1cccs1. The molecule has 3 heterocycles. The van der Waals surface area contributed by atoms with E-state index < -0.39 is 0 Å². The molecule has 1 N–H and O–H groups in total. The van der Waals surface area contributed by atoms with Gasteiger partial charge in [0, 0.05) is 25.4 Å². The molecule has 4 rings (SSSR count). The Bertz CT molecular complexity index is 971. The van der Waals surface area contributed by atoms with Gasteiger partial charge in [-0.05, 0) is 29.1 Å². The molecule has 1 aromatic carbocycles. The number of benzene rings is 1. The summed E-state index contributed by atoms with van der Waals surface area (Å²) >= 11 is 1.35. The lowest BCUT2D eigenvalue weighted by Gasteiger charge is -2.16. The Morgan fingerprint density at radius 3 is 2.89 bits per heavy atom. The van der Waals surface area contributed by atoms with E-state index in [0.717, 1.165) is 5.56 Å². The molecule has 0 unspecified atom stereocenters. The average molecular weight is 400 g/mol. The van der Waals surface area contributed by atoms with Crippen LogP contribution in [-0.4, -0.2) is 33.4 Å². The molecule has 2 aromatic heterocycles. The lowest BCUT2D eigenvalue weighted by atomic mass is 10.1. The van der Waals surface area contributed by atoms with Crippen molar-refractivity contribution in [2.75, 3.05) is 6.54 Å². The number of nitrogens with zero attached hydrogens (tertiary/aromatic N) is 3. The molecule has 0 aliphatic carbocycles. The second-order valence-electron chi connectivity index (χ2n) is 6.51. The van der Waals surface area contributed by atoms with E-state index in [1.54, 1.807) is 29.2 Å². The topological polar surface area (TPSA) is 88.3 Å². The molecule has 9 heteroatoms. The Hall–Kier alpha value is -3.07. The fourth-order valence-electron chi connectivity index (χ4n) is 3.06. The number of carbonyl (C=O) groups is 2. The molecular formula is C19H17FN4O3S. The summed E-state index contributed by atoms with van der Waals surface area (Å²) in [5, 5.41) is 8.52. The molecular weight excluding hydrogens is 383 g/mol. The Balaban J connectivity index is 1.34. The standard InChI is InChI=1S/C19H17FN4O3S/c20-14-5-3-12(4-6-14)10-24-11-13(8-17(24)25)18-22-16(27-23-18)9-21-19(26)15-2-1-7-28-15/h1-7,13H,8-11H2,(H,21,26)/t13-/m0/s1. The number of halogens is 1. The van der Waals surface area contributed by atoms with Crippen molar-refractivity contribution in [1.82, 2.24) is 20.4 Å². The smallest absolute Gasteiger partial charge is 0.261 e. The van der Waals surface area contributed by atoms with Crippen LogP contribution in [0, 0.1) is 5.82 Å². The number of nitrogens with one attached hydrogen (secondary N) is 1. The van der Waals surface area contributed by atoms with Gasteiger partial charge in [-0.15, -0.1) is 11.3 Å². The van der Waals surface area contributed by atoms with Crippen molar-refractivity contribution < 1.29 is 18.5 Å². The van der Waals surface area contributed by atoms with Gasteiger partial charge < -0.3 is 14.7 Å². The summed E-state index contributed by atoms with van der Waals surface area (Å²) in [6.07, 6.45) is 0.293. The number of thiophene rings is 1. The molecule has 1 saturated heterocycles. The molecule has 0 bridgehead atoms. The summed E-state index contributed by atoms with van der Waals surface area (Å²) in [4.78, 5) is 30.9. The average Bonchev–Trinajstić information content (AvgIpc) is 3.43. The highest BCUT2D eigenvalue weighted by Gasteiger charge is 2.33. The first-order chi connectivity index (χ1) is 13.6. The van der Waals surface area contributed by atoms with E-state index in [9.17, 15) is 14.0 Å². The van der Waals surface area contributed by atoms with Crippen molar-refractivity contribution in [1.29, 1.82) is 0 Å². The number of rotatable bonds is 6. The Morgan fingerprint density at radius 2 is 2.14 bits per heavy atom. The minimum Gasteiger partial charge on any atom is -0.342 e. The summed E-state index contributed by atoms with van der Waals surface area (Å²) in [6, 6.07) is 9.63. The summed E-state index contributed by atoms with van der Waals surface area (Å²) < 4.78 is 18.2. The molecule has 2 amide bonds. The van der Waals surface area contributed by atoms with Gasteiger partial charge in [0.25, 0.3) is 5.91 Å². The highest BCUT2D eigenvalue weighted by Crippen LogP contribution is 2.27. The van der Waals surface area contributed by atoms with Gasteiger partial charge in [0.2, 0.25) is 11.8 Å². The maximum absolute atomic E-state index is 13.0. The zero-order valence-electron chi connectivity index (χ0n) is 14.8. The molecule has 1 aliphatic rings. The van der Waals surface area contributed by atoms with E-state index in [2.05, 4.69) is 15.5 Å². The van der Waals surface area contributed by atoms with E-state index in [0.29, 0.717) is 36.1 Å². The maximum atomic E-state index is 13.0. The minimum absolute atomic E-state index is 0.00771. The summed E-state index contributed by atoms with van der Waals surface area (Å²) in [7, 11) is 0. The zero-order chi connectivity index (χ0) is 19.5. The molecule has 28 heavy (non-hydrogen) atoms. The largest absolute Gasteiger partial charge is 0.342 e. The van der Waals surface area contributed by atoms with Crippen LogP contribution in [0.5, 0.6) is 0 Å². The third-order valence-corrected chi connectivity index (χ3v) is 5.36. The molecule has 0 spiro atoms. The van der Waals surface area contributed by atoms with Crippen LogP contribution in [0.15, 0.2) is 46.3 Å². The van der Waals surface area contributed by atoms with Crippen molar-refractivity contribution >= 4 is 23.2 Å². The van der Waals surface area contributed by atoms with Crippen molar-refractivity contribution in [2.45, 2.75) is 25.4 Å². The summed E-state index contributed by atoms with van der Waals surface area (Å²) in [5.74, 6) is 0.0703.